The van der Waals surface area contributed by atoms with Crippen molar-refractivity contribution in [3.05, 3.63) is 42.1 Å². The Bertz CT molecular complexity index is 1110. The molecule has 0 radical (unpaired) electrons. The van der Waals surface area contributed by atoms with E-state index in [4.69, 9.17) is 14.2 Å². The van der Waals surface area contributed by atoms with Crippen LogP contribution in [0.15, 0.2) is 41.4 Å². The summed E-state index contributed by atoms with van der Waals surface area (Å²) in [6.07, 6.45) is 2.00. The van der Waals surface area contributed by atoms with E-state index in [1.54, 1.807) is 12.3 Å². The van der Waals surface area contributed by atoms with Gasteiger partial charge in [-0.1, -0.05) is 6.07 Å². The van der Waals surface area contributed by atoms with Gasteiger partial charge >= 0.3 is 0 Å². The van der Waals surface area contributed by atoms with Gasteiger partial charge in [-0.15, -0.1) is 0 Å². The van der Waals surface area contributed by atoms with Crippen LogP contribution < -0.4 is 19.7 Å². The number of amides is 1. The van der Waals surface area contributed by atoms with Crippen molar-refractivity contribution in [2.75, 3.05) is 44.8 Å². The quantitative estimate of drug-likeness (QED) is 0.620. The second kappa shape index (κ2) is 10.2. The van der Waals surface area contributed by atoms with Gasteiger partial charge in [0, 0.05) is 38.9 Å². The van der Waals surface area contributed by atoms with Crippen LogP contribution in [0.2, 0.25) is 0 Å². The van der Waals surface area contributed by atoms with Gasteiger partial charge < -0.3 is 24.4 Å². The number of likely N-dealkylation sites (N-methyl/N-ethyl adjacent to an activating group) is 1. The molecule has 2 atom stereocenters. The lowest BCUT2D eigenvalue weighted by Crippen LogP contribution is -2.45. The van der Waals surface area contributed by atoms with Crippen LogP contribution in [0.3, 0.4) is 0 Å². The van der Waals surface area contributed by atoms with E-state index in [2.05, 4.69) is 15.2 Å². The third-order valence-corrected chi connectivity index (χ3v) is 7.43. The Hall–Kier alpha value is -2.89. The molecule has 2 aliphatic rings. The van der Waals surface area contributed by atoms with Gasteiger partial charge in [0.25, 0.3) is 0 Å². The van der Waals surface area contributed by atoms with Crippen molar-refractivity contribution >= 4 is 21.7 Å². The summed E-state index contributed by atoms with van der Waals surface area (Å²) in [5.74, 6) is 1.33. The summed E-state index contributed by atoms with van der Waals surface area (Å²) < 4.78 is 43.4. The number of sulfonamides is 1. The van der Waals surface area contributed by atoms with Crippen molar-refractivity contribution < 1.29 is 27.4 Å². The molecule has 0 saturated carbocycles. The number of nitrogens with zero attached hydrogens (tertiary/aromatic N) is 3. The Balaban J connectivity index is 1.31. The third kappa shape index (κ3) is 5.60. The van der Waals surface area contributed by atoms with Crippen molar-refractivity contribution in [2.24, 2.45) is 0 Å². The second-order valence-electron chi connectivity index (χ2n) is 8.53. The Morgan fingerprint density at radius 1 is 1.12 bits per heavy atom. The van der Waals surface area contributed by atoms with Crippen molar-refractivity contribution in [1.82, 2.24) is 14.6 Å². The number of carbonyl (C=O) groups is 1. The zero-order valence-electron chi connectivity index (χ0n) is 19.6. The van der Waals surface area contributed by atoms with E-state index in [1.807, 2.05) is 26.0 Å². The van der Waals surface area contributed by atoms with Gasteiger partial charge in [0.15, 0.2) is 11.5 Å². The minimum absolute atomic E-state index is 0.0404. The molecule has 2 aromatic rings. The average molecular weight is 491 g/mol. The summed E-state index contributed by atoms with van der Waals surface area (Å²) in [6, 6.07) is 8.25. The SMILES string of the molecule is CC1CN(c2ccc(CNC(=O)CN(C)S(=O)(=O)c3ccc4c(c3)OCCO4)cn2)CC(C)O1. The van der Waals surface area contributed by atoms with Crippen LogP contribution in [0.1, 0.15) is 19.4 Å². The van der Waals surface area contributed by atoms with E-state index in [0.29, 0.717) is 24.7 Å². The highest BCUT2D eigenvalue weighted by molar-refractivity contribution is 7.89. The monoisotopic (exact) mass is 490 g/mol. The fourth-order valence-corrected chi connectivity index (χ4v) is 5.12. The maximum Gasteiger partial charge on any atom is 0.243 e. The number of pyridine rings is 1. The van der Waals surface area contributed by atoms with Gasteiger partial charge in [0.05, 0.1) is 23.6 Å². The molecule has 0 aliphatic carbocycles. The molecule has 10 nitrogen and oxygen atoms in total. The summed E-state index contributed by atoms with van der Waals surface area (Å²) >= 11 is 0. The van der Waals surface area contributed by atoms with Crippen LogP contribution in [-0.2, 0) is 26.1 Å². The Morgan fingerprint density at radius 2 is 1.82 bits per heavy atom. The molecular formula is C23H30N4O6S. The lowest BCUT2D eigenvalue weighted by atomic mass is 10.2. The molecule has 1 saturated heterocycles. The lowest BCUT2D eigenvalue weighted by molar-refractivity contribution is -0.121. The minimum Gasteiger partial charge on any atom is -0.486 e. The highest BCUT2D eigenvalue weighted by atomic mass is 32.2. The number of benzene rings is 1. The average Bonchev–Trinajstić information content (AvgIpc) is 2.82. The second-order valence-corrected chi connectivity index (χ2v) is 10.6. The summed E-state index contributed by atoms with van der Waals surface area (Å²) in [7, 11) is -2.50. The van der Waals surface area contributed by atoms with E-state index >= 15 is 0 Å². The van der Waals surface area contributed by atoms with Crippen LogP contribution in [0.25, 0.3) is 0 Å². The molecule has 3 heterocycles. The molecule has 1 N–H and O–H groups in total. The fourth-order valence-electron chi connectivity index (χ4n) is 3.98. The number of hydrogen-bond acceptors (Lipinski definition) is 8. The molecular weight excluding hydrogens is 460 g/mol. The minimum atomic E-state index is -3.87. The Morgan fingerprint density at radius 3 is 2.50 bits per heavy atom. The van der Waals surface area contributed by atoms with Crippen molar-refractivity contribution in [2.45, 2.75) is 37.5 Å². The van der Waals surface area contributed by atoms with Crippen molar-refractivity contribution in [3.63, 3.8) is 0 Å². The van der Waals surface area contributed by atoms with Crippen molar-refractivity contribution in [1.29, 1.82) is 0 Å². The smallest absolute Gasteiger partial charge is 0.243 e. The van der Waals surface area contributed by atoms with E-state index in [-0.39, 0.29) is 30.2 Å². The molecule has 2 unspecified atom stereocenters. The van der Waals surface area contributed by atoms with Crippen molar-refractivity contribution in [3.8, 4) is 11.5 Å². The number of rotatable bonds is 7. The highest BCUT2D eigenvalue weighted by Gasteiger charge is 2.26. The molecule has 1 aromatic heterocycles. The first-order valence-electron chi connectivity index (χ1n) is 11.2. The number of fused-ring (bicyclic) bond motifs is 1. The zero-order chi connectivity index (χ0) is 24.3. The molecule has 1 fully saturated rings. The number of nitrogens with one attached hydrogen (secondary N) is 1. The number of hydrogen-bond donors (Lipinski definition) is 1. The standard InChI is InChI=1S/C23H30N4O6S/c1-16-13-27(14-17(2)33-16)22-7-4-18(11-24-22)12-25-23(28)15-26(3)34(29,30)19-5-6-20-21(10-19)32-9-8-31-20/h4-7,10-11,16-17H,8-9,12-15H2,1-3H3,(H,25,28). The van der Waals surface area contributed by atoms with E-state index in [0.717, 1.165) is 28.8 Å². The maximum absolute atomic E-state index is 12.9. The number of anilines is 1. The number of carbonyl (C=O) groups excluding carboxylic acids is 1. The molecule has 4 rings (SSSR count). The predicted octanol–water partition coefficient (Wildman–Crippen LogP) is 1.40. The molecule has 34 heavy (non-hydrogen) atoms. The number of morpholine rings is 1. The first-order chi connectivity index (χ1) is 16.2. The molecule has 184 valence electrons. The molecule has 1 amide bonds. The normalized spacial score (nSPS) is 20.3. The van der Waals surface area contributed by atoms with Gasteiger partial charge in [-0.05, 0) is 37.6 Å². The van der Waals surface area contributed by atoms with Crippen LogP contribution in [-0.4, -0.2) is 75.7 Å². The highest BCUT2D eigenvalue weighted by Crippen LogP contribution is 2.32. The molecule has 1 aromatic carbocycles. The lowest BCUT2D eigenvalue weighted by Gasteiger charge is -2.36. The van der Waals surface area contributed by atoms with Gasteiger partial charge in [-0.3, -0.25) is 4.79 Å². The van der Waals surface area contributed by atoms with Gasteiger partial charge in [0.1, 0.15) is 19.0 Å². The first kappa shape index (κ1) is 24.2. The van der Waals surface area contributed by atoms with Crippen LogP contribution >= 0.6 is 0 Å². The molecule has 11 heteroatoms. The third-order valence-electron chi connectivity index (χ3n) is 5.63. The zero-order valence-corrected chi connectivity index (χ0v) is 20.4. The predicted molar refractivity (Wildman–Crippen MR) is 126 cm³/mol. The van der Waals surface area contributed by atoms with Gasteiger partial charge in [0.2, 0.25) is 15.9 Å². The summed E-state index contributed by atoms with van der Waals surface area (Å²) in [6.45, 7) is 6.34. The van der Waals surface area contributed by atoms with E-state index in [1.165, 1.54) is 19.2 Å². The summed E-state index contributed by atoms with van der Waals surface area (Å²) in [5.41, 5.74) is 0.823. The molecule has 0 spiro atoms. The summed E-state index contributed by atoms with van der Waals surface area (Å²) in [5, 5.41) is 2.75. The van der Waals surface area contributed by atoms with Gasteiger partial charge in [-0.25, -0.2) is 13.4 Å². The topological polar surface area (TPSA) is 110 Å². The number of ether oxygens (including phenoxy) is 3. The van der Waals surface area contributed by atoms with Crippen LogP contribution in [0.4, 0.5) is 5.82 Å². The molecule has 2 aliphatic heterocycles. The van der Waals surface area contributed by atoms with E-state index < -0.39 is 15.9 Å². The van der Waals surface area contributed by atoms with Gasteiger partial charge in [-0.2, -0.15) is 4.31 Å². The van der Waals surface area contributed by atoms with Crippen LogP contribution in [0, 0.1) is 0 Å². The number of aromatic nitrogens is 1. The van der Waals surface area contributed by atoms with E-state index in [9.17, 15) is 13.2 Å². The Kier molecular flexibility index (Phi) is 7.24. The first-order valence-corrected chi connectivity index (χ1v) is 12.6. The maximum atomic E-state index is 12.9. The fraction of sp³-hybridized carbons (Fsp3) is 0.478. The molecule has 0 bridgehead atoms. The largest absolute Gasteiger partial charge is 0.486 e. The summed E-state index contributed by atoms with van der Waals surface area (Å²) in [4.78, 5) is 19.2. The Labute approximate surface area is 199 Å². The van der Waals surface area contributed by atoms with Crippen LogP contribution in [0.5, 0.6) is 11.5 Å².